The molecule has 0 heterocycles. The van der Waals surface area contributed by atoms with Crippen molar-refractivity contribution in [3.63, 3.8) is 0 Å². The zero-order chi connectivity index (χ0) is 39.7. The Balaban J connectivity index is 4.23. The van der Waals surface area contributed by atoms with Crippen LogP contribution in [0.25, 0.3) is 0 Å². The van der Waals surface area contributed by atoms with Gasteiger partial charge in [-0.2, -0.15) is 0 Å². The number of carbonyl (C=O) groups is 3. The molecule has 6 heteroatoms. The van der Waals surface area contributed by atoms with E-state index in [1.165, 1.54) is 148 Å². The molecule has 0 aliphatic carbocycles. The first-order valence-electron chi connectivity index (χ1n) is 23.7. The van der Waals surface area contributed by atoms with Gasteiger partial charge in [-0.25, -0.2) is 0 Å². The lowest BCUT2D eigenvalue weighted by Crippen LogP contribution is -2.30. The highest BCUT2D eigenvalue weighted by Gasteiger charge is 2.19. The fourth-order valence-electron chi connectivity index (χ4n) is 7.11. The molecule has 0 aliphatic rings. The summed E-state index contributed by atoms with van der Waals surface area (Å²) in [6, 6.07) is 0. The van der Waals surface area contributed by atoms with Gasteiger partial charge in [0.05, 0.1) is 0 Å². The van der Waals surface area contributed by atoms with E-state index in [9.17, 15) is 14.4 Å². The first-order chi connectivity index (χ1) is 26.2. The van der Waals surface area contributed by atoms with Crippen molar-refractivity contribution in [2.24, 2.45) is 11.8 Å². The molecular weight excluding hydrogens is 673 g/mol. The van der Waals surface area contributed by atoms with E-state index >= 15 is 0 Å². The van der Waals surface area contributed by atoms with Crippen LogP contribution in [0.3, 0.4) is 0 Å². The van der Waals surface area contributed by atoms with Gasteiger partial charge >= 0.3 is 17.9 Å². The quantitative estimate of drug-likeness (QED) is 0.0350. The minimum absolute atomic E-state index is 0.0648. The van der Waals surface area contributed by atoms with Crippen LogP contribution < -0.4 is 0 Å². The van der Waals surface area contributed by atoms with Crippen molar-refractivity contribution in [2.45, 2.75) is 265 Å². The van der Waals surface area contributed by atoms with Crippen molar-refractivity contribution < 1.29 is 28.6 Å². The SMILES string of the molecule is CCCCCCCCCC(=O)OC[C@H](COC(=O)CCCCCCCCCCCCCCCC(C)C)OC(=O)CCCCCCCCCCCCC(C)C. The summed E-state index contributed by atoms with van der Waals surface area (Å²) >= 11 is 0. The molecule has 320 valence electrons. The van der Waals surface area contributed by atoms with E-state index in [0.717, 1.165) is 69.6 Å². The Hall–Kier alpha value is -1.59. The largest absolute Gasteiger partial charge is 0.462 e. The number of carbonyl (C=O) groups excluding carboxylic acids is 3. The molecule has 0 spiro atoms. The highest BCUT2D eigenvalue weighted by molar-refractivity contribution is 5.71. The Morgan fingerprint density at radius 1 is 0.352 bits per heavy atom. The number of esters is 3. The molecule has 0 aromatic carbocycles. The Morgan fingerprint density at radius 2 is 0.611 bits per heavy atom. The molecule has 0 unspecified atom stereocenters. The molecule has 0 aromatic rings. The summed E-state index contributed by atoms with van der Waals surface area (Å²) in [5.41, 5.74) is 0. The van der Waals surface area contributed by atoms with Gasteiger partial charge in [-0.05, 0) is 31.1 Å². The van der Waals surface area contributed by atoms with E-state index in [-0.39, 0.29) is 31.1 Å². The predicted molar refractivity (Wildman–Crippen MR) is 229 cm³/mol. The van der Waals surface area contributed by atoms with E-state index in [2.05, 4.69) is 34.6 Å². The van der Waals surface area contributed by atoms with Crippen LogP contribution in [0, 0.1) is 11.8 Å². The van der Waals surface area contributed by atoms with E-state index in [0.29, 0.717) is 19.3 Å². The maximum absolute atomic E-state index is 12.7. The number of rotatable bonds is 42. The van der Waals surface area contributed by atoms with Crippen LogP contribution in [0.2, 0.25) is 0 Å². The maximum Gasteiger partial charge on any atom is 0.306 e. The van der Waals surface area contributed by atoms with Crippen molar-refractivity contribution in [3.8, 4) is 0 Å². The molecule has 0 rings (SSSR count). The summed E-state index contributed by atoms with van der Waals surface area (Å²) in [5, 5.41) is 0. The number of hydrogen-bond donors (Lipinski definition) is 0. The molecule has 0 aliphatic heterocycles. The smallest absolute Gasteiger partial charge is 0.306 e. The van der Waals surface area contributed by atoms with Crippen molar-refractivity contribution in [1.29, 1.82) is 0 Å². The highest BCUT2D eigenvalue weighted by atomic mass is 16.6. The molecule has 0 saturated heterocycles. The first kappa shape index (κ1) is 52.4. The molecule has 6 nitrogen and oxygen atoms in total. The standard InChI is InChI=1S/C48H92O6/c1-6-7-8-9-21-28-33-38-46(49)52-41-45(54-48(51)40-35-30-25-20-16-15-18-23-27-32-37-44(4)5)42-53-47(50)39-34-29-24-19-14-12-10-11-13-17-22-26-31-36-43(2)3/h43-45H,6-42H2,1-5H3/t45-/m1/s1. The van der Waals surface area contributed by atoms with Crippen LogP contribution in [-0.4, -0.2) is 37.2 Å². The van der Waals surface area contributed by atoms with E-state index in [1.54, 1.807) is 0 Å². The van der Waals surface area contributed by atoms with Crippen molar-refractivity contribution in [1.82, 2.24) is 0 Å². The Bertz CT molecular complexity index is 824. The summed E-state index contributed by atoms with van der Waals surface area (Å²) in [7, 11) is 0. The Morgan fingerprint density at radius 3 is 0.907 bits per heavy atom. The lowest BCUT2D eigenvalue weighted by molar-refractivity contribution is -0.167. The van der Waals surface area contributed by atoms with E-state index in [1.807, 2.05) is 0 Å². The van der Waals surface area contributed by atoms with Crippen LogP contribution in [0.15, 0.2) is 0 Å². The molecule has 1 atom stereocenters. The monoisotopic (exact) mass is 765 g/mol. The number of hydrogen-bond acceptors (Lipinski definition) is 6. The van der Waals surface area contributed by atoms with Gasteiger partial charge in [-0.3, -0.25) is 14.4 Å². The second kappa shape index (κ2) is 41.1. The third-order valence-corrected chi connectivity index (χ3v) is 10.7. The molecule has 0 radical (unpaired) electrons. The third-order valence-electron chi connectivity index (χ3n) is 10.7. The maximum atomic E-state index is 12.7. The van der Waals surface area contributed by atoms with Crippen LogP contribution in [0.1, 0.15) is 259 Å². The van der Waals surface area contributed by atoms with Gasteiger partial charge in [0, 0.05) is 19.3 Å². The topological polar surface area (TPSA) is 78.9 Å². The lowest BCUT2D eigenvalue weighted by Gasteiger charge is -2.18. The summed E-state index contributed by atoms with van der Waals surface area (Å²) < 4.78 is 16.7. The Kier molecular flexibility index (Phi) is 39.8. The molecular formula is C48H92O6. The summed E-state index contributed by atoms with van der Waals surface area (Å²) in [5.74, 6) is 0.795. The van der Waals surface area contributed by atoms with Gasteiger partial charge in [0.15, 0.2) is 6.10 Å². The molecule has 0 bridgehead atoms. The molecule has 0 amide bonds. The lowest BCUT2D eigenvalue weighted by atomic mass is 10.0. The van der Waals surface area contributed by atoms with Crippen LogP contribution in [0.5, 0.6) is 0 Å². The normalized spacial score (nSPS) is 12.1. The molecule has 54 heavy (non-hydrogen) atoms. The van der Waals surface area contributed by atoms with E-state index in [4.69, 9.17) is 14.2 Å². The zero-order valence-electron chi connectivity index (χ0n) is 36.8. The predicted octanol–water partition coefficient (Wildman–Crippen LogP) is 15.0. The average Bonchev–Trinajstić information content (AvgIpc) is 3.14. The number of ether oxygens (including phenoxy) is 3. The van der Waals surface area contributed by atoms with Crippen LogP contribution >= 0.6 is 0 Å². The summed E-state index contributed by atoms with van der Waals surface area (Å²) in [4.78, 5) is 37.6. The van der Waals surface area contributed by atoms with Gasteiger partial charge in [0.25, 0.3) is 0 Å². The minimum atomic E-state index is -0.759. The average molecular weight is 765 g/mol. The van der Waals surface area contributed by atoms with Gasteiger partial charge in [-0.15, -0.1) is 0 Å². The second-order valence-electron chi connectivity index (χ2n) is 17.3. The van der Waals surface area contributed by atoms with Gasteiger partial charge < -0.3 is 14.2 Å². The molecule has 0 aromatic heterocycles. The van der Waals surface area contributed by atoms with Crippen molar-refractivity contribution >= 4 is 17.9 Å². The highest BCUT2D eigenvalue weighted by Crippen LogP contribution is 2.17. The zero-order valence-corrected chi connectivity index (χ0v) is 36.8. The molecule has 0 fully saturated rings. The number of unbranched alkanes of at least 4 members (excludes halogenated alkanes) is 27. The minimum Gasteiger partial charge on any atom is -0.462 e. The van der Waals surface area contributed by atoms with E-state index < -0.39 is 6.10 Å². The van der Waals surface area contributed by atoms with Crippen molar-refractivity contribution in [2.75, 3.05) is 13.2 Å². The van der Waals surface area contributed by atoms with Gasteiger partial charge in [-0.1, -0.05) is 221 Å². The molecule has 0 saturated carbocycles. The summed E-state index contributed by atoms with van der Waals surface area (Å²) in [6.45, 7) is 11.3. The molecule has 0 N–H and O–H groups in total. The van der Waals surface area contributed by atoms with Gasteiger partial charge in [0.2, 0.25) is 0 Å². The third kappa shape index (κ3) is 41.6. The summed E-state index contributed by atoms with van der Waals surface area (Å²) in [6.07, 6.45) is 39.6. The Labute approximate surface area is 336 Å². The van der Waals surface area contributed by atoms with Crippen LogP contribution in [-0.2, 0) is 28.6 Å². The first-order valence-corrected chi connectivity index (χ1v) is 23.7. The second-order valence-corrected chi connectivity index (χ2v) is 17.3. The fraction of sp³-hybridized carbons (Fsp3) is 0.938. The van der Waals surface area contributed by atoms with Gasteiger partial charge in [0.1, 0.15) is 13.2 Å². The van der Waals surface area contributed by atoms with Crippen molar-refractivity contribution in [3.05, 3.63) is 0 Å². The van der Waals surface area contributed by atoms with Crippen LogP contribution in [0.4, 0.5) is 0 Å². The fourth-order valence-corrected chi connectivity index (χ4v) is 7.11.